The first kappa shape index (κ1) is 16.4. The summed E-state index contributed by atoms with van der Waals surface area (Å²) in [6.07, 6.45) is 5.12. The second kappa shape index (κ2) is 7.45. The Hall–Kier alpha value is -3.06. The fraction of sp³-hybridized carbons (Fsp3) is 0.0526. The van der Waals surface area contributed by atoms with Crippen molar-refractivity contribution in [1.82, 2.24) is 24.7 Å². The zero-order valence-electron chi connectivity index (χ0n) is 13.7. The maximum absolute atomic E-state index is 14.5. The first-order chi connectivity index (χ1) is 12.8. The van der Waals surface area contributed by atoms with Crippen LogP contribution in [0.2, 0.25) is 0 Å². The number of benzene rings is 1. The van der Waals surface area contributed by atoms with Gasteiger partial charge in [-0.05, 0) is 36.4 Å². The molecule has 0 aliphatic heterocycles. The minimum Gasteiger partial charge on any atom is -0.267 e. The molecule has 5 nitrogen and oxygen atoms in total. The quantitative estimate of drug-likeness (QED) is 0.499. The minimum atomic E-state index is -0.336. The fourth-order valence-corrected chi connectivity index (χ4v) is 3.38. The first-order valence-electron chi connectivity index (χ1n) is 7.96. The second-order valence-electron chi connectivity index (χ2n) is 5.44. The highest BCUT2D eigenvalue weighted by Crippen LogP contribution is 2.30. The number of hydrogen-bond donors (Lipinski definition) is 0. The number of thioether (sulfide) groups is 1. The van der Waals surface area contributed by atoms with Crippen molar-refractivity contribution in [3.8, 4) is 17.1 Å². The van der Waals surface area contributed by atoms with Crippen molar-refractivity contribution in [3.05, 3.63) is 84.7 Å². The molecule has 0 bridgehead atoms. The standard InChI is InChI=1S/C19H14FN5S/c20-16-8-1-2-9-17(16)25-18(14-6-5-10-21-12-14)23-24-19(25)26-13-15-7-3-4-11-22-15/h1-12H,13H2. The lowest BCUT2D eigenvalue weighted by atomic mass is 10.2. The molecule has 1 aromatic carbocycles. The van der Waals surface area contributed by atoms with E-state index in [1.807, 2.05) is 30.3 Å². The summed E-state index contributed by atoms with van der Waals surface area (Å²) in [6, 6.07) is 16.0. The number of pyridine rings is 2. The highest BCUT2D eigenvalue weighted by Gasteiger charge is 2.18. The smallest absolute Gasteiger partial charge is 0.196 e. The molecule has 0 radical (unpaired) electrons. The van der Waals surface area contributed by atoms with Crippen molar-refractivity contribution >= 4 is 11.8 Å². The van der Waals surface area contributed by atoms with Crippen LogP contribution in [0.25, 0.3) is 17.1 Å². The average Bonchev–Trinajstić information content (AvgIpc) is 3.12. The lowest BCUT2D eigenvalue weighted by Gasteiger charge is -2.11. The molecule has 7 heteroatoms. The summed E-state index contributed by atoms with van der Waals surface area (Å²) in [6.45, 7) is 0. The molecule has 0 fully saturated rings. The number of aromatic nitrogens is 5. The number of rotatable bonds is 5. The van der Waals surface area contributed by atoms with Crippen LogP contribution in [0.4, 0.5) is 4.39 Å². The molecule has 0 saturated carbocycles. The Kier molecular flexibility index (Phi) is 4.70. The Morgan fingerprint density at radius 1 is 0.923 bits per heavy atom. The zero-order valence-corrected chi connectivity index (χ0v) is 14.5. The molecule has 3 heterocycles. The van der Waals surface area contributed by atoms with E-state index in [4.69, 9.17) is 0 Å². The first-order valence-corrected chi connectivity index (χ1v) is 8.95. The Balaban J connectivity index is 1.77. The summed E-state index contributed by atoms with van der Waals surface area (Å²) in [5.74, 6) is 0.823. The van der Waals surface area contributed by atoms with Gasteiger partial charge in [0.2, 0.25) is 0 Å². The van der Waals surface area contributed by atoms with Gasteiger partial charge < -0.3 is 0 Å². The van der Waals surface area contributed by atoms with Gasteiger partial charge in [-0.2, -0.15) is 0 Å². The van der Waals surface area contributed by atoms with Gasteiger partial charge in [-0.15, -0.1) is 10.2 Å². The molecule has 0 atom stereocenters. The summed E-state index contributed by atoms with van der Waals surface area (Å²) < 4.78 is 16.2. The third kappa shape index (κ3) is 3.34. The van der Waals surface area contributed by atoms with E-state index < -0.39 is 0 Å². The molecule has 0 N–H and O–H groups in total. The number of hydrogen-bond acceptors (Lipinski definition) is 5. The highest BCUT2D eigenvalue weighted by molar-refractivity contribution is 7.98. The maximum atomic E-state index is 14.5. The van der Waals surface area contributed by atoms with Crippen LogP contribution in [0.15, 0.2) is 78.3 Å². The van der Waals surface area contributed by atoms with Crippen molar-refractivity contribution in [3.63, 3.8) is 0 Å². The molecule has 4 rings (SSSR count). The summed E-state index contributed by atoms with van der Waals surface area (Å²) in [5.41, 5.74) is 2.09. The summed E-state index contributed by atoms with van der Waals surface area (Å²) in [7, 11) is 0. The average molecular weight is 363 g/mol. The Bertz CT molecular complexity index is 1000. The van der Waals surface area contributed by atoms with E-state index in [0.29, 0.717) is 22.4 Å². The number of halogens is 1. The van der Waals surface area contributed by atoms with Crippen molar-refractivity contribution in [2.45, 2.75) is 10.9 Å². The molecule has 0 unspecified atom stereocenters. The van der Waals surface area contributed by atoms with Gasteiger partial charge in [0.1, 0.15) is 5.82 Å². The number of para-hydroxylation sites is 1. The zero-order chi connectivity index (χ0) is 17.8. The lowest BCUT2D eigenvalue weighted by Crippen LogP contribution is -2.02. The molecule has 0 amide bonds. The van der Waals surface area contributed by atoms with Gasteiger partial charge in [0, 0.05) is 29.9 Å². The van der Waals surface area contributed by atoms with Gasteiger partial charge in [-0.1, -0.05) is 30.0 Å². The lowest BCUT2D eigenvalue weighted by molar-refractivity contribution is 0.613. The van der Waals surface area contributed by atoms with Gasteiger partial charge in [-0.25, -0.2) is 4.39 Å². The molecular formula is C19H14FN5S. The van der Waals surface area contributed by atoms with Crippen LogP contribution in [0, 0.1) is 5.82 Å². The van der Waals surface area contributed by atoms with E-state index in [0.717, 1.165) is 11.3 Å². The largest absolute Gasteiger partial charge is 0.267 e. The SMILES string of the molecule is Fc1ccccc1-n1c(SCc2ccccn2)nnc1-c1cccnc1. The maximum Gasteiger partial charge on any atom is 0.196 e. The van der Waals surface area contributed by atoms with Gasteiger partial charge in [0.15, 0.2) is 11.0 Å². The van der Waals surface area contributed by atoms with E-state index >= 15 is 0 Å². The summed E-state index contributed by atoms with van der Waals surface area (Å²) in [5, 5.41) is 9.16. The predicted octanol–water partition coefficient (Wildman–Crippen LogP) is 4.16. The van der Waals surface area contributed by atoms with E-state index in [1.165, 1.54) is 17.8 Å². The van der Waals surface area contributed by atoms with Gasteiger partial charge in [0.05, 0.1) is 11.4 Å². The Labute approximate surface area is 154 Å². The van der Waals surface area contributed by atoms with Crippen LogP contribution in [-0.4, -0.2) is 24.7 Å². The molecule has 0 aliphatic rings. The van der Waals surface area contributed by atoms with E-state index in [9.17, 15) is 4.39 Å². The normalized spacial score (nSPS) is 10.8. The molecule has 0 aliphatic carbocycles. The fourth-order valence-electron chi connectivity index (χ4n) is 2.52. The van der Waals surface area contributed by atoms with E-state index in [2.05, 4.69) is 20.2 Å². The van der Waals surface area contributed by atoms with Crippen LogP contribution < -0.4 is 0 Å². The van der Waals surface area contributed by atoms with Gasteiger partial charge in [0.25, 0.3) is 0 Å². The molecular weight excluding hydrogens is 349 g/mol. The Morgan fingerprint density at radius 3 is 2.58 bits per heavy atom. The van der Waals surface area contributed by atoms with Crippen LogP contribution in [-0.2, 0) is 5.75 Å². The molecule has 0 saturated heterocycles. The molecule has 3 aromatic heterocycles. The van der Waals surface area contributed by atoms with Crippen LogP contribution in [0.5, 0.6) is 0 Å². The van der Waals surface area contributed by atoms with Crippen molar-refractivity contribution in [2.24, 2.45) is 0 Å². The molecule has 4 aromatic rings. The van der Waals surface area contributed by atoms with E-state index in [1.54, 1.807) is 41.4 Å². The summed E-state index contributed by atoms with van der Waals surface area (Å²) >= 11 is 1.46. The third-order valence-corrected chi connectivity index (χ3v) is 4.68. The summed E-state index contributed by atoms with van der Waals surface area (Å²) in [4.78, 5) is 8.45. The predicted molar refractivity (Wildman–Crippen MR) is 98.3 cm³/mol. The van der Waals surface area contributed by atoms with Gasteiger partial charge >= 0.3 is 0 Å². The topological polar surface area (TPSA) is 56.5 Å². The molecule has 0 spiro atoms. The minimum absolute atomic E-state index is 0.336. The van der Waals surface area contributed by atoms with Crippen molar-refractivity contribution in [1.29, 1.82) is 0 Å². The number of nitrogens with zero attached hydrogens (tertiary/aromatic N) is 5. The molecule has 26 heavy (non-hydrogen) atoms. The van der Waals surface area contributed by atoms with Crippen LogP contribution in [0.3, 0.4) is 0 Å². The second-order valence-corrected chi connectivity index (χ2v) is 6.39. The highest BCUT2D eigenvalue weighted by atomic mass is 32.2. The van der Waals surface area contributed by atoms with Crippen molar-refractivity contribution < 1.29 is 4.39 Å². The third-order valence-electron chi connectivity index (χ3n) is 3.72. The van der Waals surface area contributed by atoms with Crippen LogP contribution >= 0.6 is 11.8 Å². The van der Waals surface area contributed by atoms with Crippen molar-refractivity contribution in [2.75, 3.05) is 0 Å². The Morgan fingerprint density at radius 2 is 1.81 bits per heavy atom. The van der Waals surface area contributed by atoms with Gasteiger partial charge in [-0.3, -0.25) is 14.5 Å². The molecule has 128 valence electrons. The van der Waals surface area contributed by atoms with E-state index in [-0.39, 0.29) is 5.82 Å². The monoisotopic (exact) mass is 363 g/mol. The van der Waals surface area contributed by atoms with Crippen LogP contribution in [0.1, 0.15) is 5.69 Å².